The third-order valence-corrected chi connectivity index (χ3v) is 3.36. The van der Waals surface area contributed by atoms with Gasteiger partial charge in [-0.3, -0.25) is 4.79 Å². The van der Waals surface area contributed by atoms with E-state index in [2.05, 4.69) is 34.4 Å². The SMILES string of the molecule is CNC(=O)CC(C)NCC(C)c1ccsc1. The Hall–Kier alpha value is -0.870. The third kappa shape index (κ3) is 4.33. The lowest BCUT2D eigenvalue weighted by Crippen LogP contribution is -2.34. The van der Waals surface area contributed by atoms with Gasteiger partial charge in [0.05, 0.1) is 0 Å². The summed E-state index contributed by atoms with van der Waals surface area (Å²) >= 11 is 1.72. The van der Waals surface area contributed by atoms with Gasteiger partial charge in [-0.2, -0.15) is 11.3 Å². The quantitative estimate of drug-likeness (QED) is 0.798. The molecule has 0 bridgehead atoms. The van der Waals surface area contributed by atoms with Gasteiger partial charge < -0.3 is 10.6 Å². The fourth-order valence-electron chi connectivity index (χ4n) is 1.50. The number of hydrogen-bond acceptors (Lipinski definition) is 3. The van der Waals surface area contributed by atoms with E-state index in [4.69, 9.17) is 0 Å². The lowest BCUT2D eigenvalue weighted by molar-refractivity contribution is -0.121. The molecule has 0 spiro atoms. The molecule has 0 aliphatic carbocycles. The van der Waals surface area contributed by atoms with E-state index in [0.29, 0.717) is 12.3 Å². The normalized spacial score (nSPS) is 14.4. The summed E-state index contributed by atoms with van der Waals surface area (Å²) in [5, 5.41) is 10.3. The Bertz CT molecular complexity index is 311. The van der Waals surface area contributed by atoms with E-state index in [-0.39, 0.29) is 11.9 Å². The molecule has 2 N–H and O–H groups in total. The molecule has 0 fully saturated rings. The Kier molecular flexibility index (Phi) is 5.49. The Morgan fingerprint density at radius 1 is 1.50 bits per heavy atom. The van der Waals surface area contributed by atoms with E-state index in [9.17, 15) is 4.79 Å². The summed E-state index contributed by atoms with van der Waals surface area (Å²) in [5.41, 5.74) is 1.37. The first-order valence-corrected chi connectivity index (χ1v) is 6.53. The van der Waals surface area contributed by atoms with Crippen LogP contribution in [0.25, 0.3) is 0 Å². The van der Waals surface area contributed by atoms with Crippen LogP contribution in [-0.2, 0) is 4.79 Å². The van der Waals surface area contributed by atoms with Crippen molar-refractivity contribution in [2.75, 3.05) is 13.6 Å². The van der Waals surface area contributed by atoms with Crippen LogP contribution >= 0.6 is 11.3 Å². The smallest absolute Gasteiger partial charge is 0.221 e. The minimum absolute atomic E-state index is 0.0863. The van der Waals surface area contributed by atoms with Crippen molar-refractivity contribution in [1.82, 2.24) is 10.6 Å². The summed E-state index contributed by atoms with van der Waals surface area (Å²) in [6.45, 7) is 5.14. The second-order valence-corrected chi connectivity index (χ2v) is 4.92. The van der Waals surface area contributed by atoms with Crippen LogP contribution in [0, 0.1) is 0 Å². The fourth-order valence-corrected chi connectivity index (χ4v) is 2.29. The minimum atomic E-state index is 0.0863. The number of amides is 1. The molecule has 0 saturated heterocycles. The van der Waals surface area contributed by atoms with Gasteiger partial charge in [-0.05, 0) is 35.2 Å². The Balaban J connectivity index is 2.26. The van der Waals surface area contributed by atoms with Crippen molar-refractivity contribution in [2.45, 2.75) is 32.2 Å². The molecule has 3 nitrogen and oxygen atoms in total. The van der Waals surface area contributed by atoms with Crippen molar-refractivity contribution >= 4 is 17.2 Å². The molecule has 0 radical (unpaired) electrons. The van der Waals surface area contributed by atoms with Crippen LogP contribution in [0.3, 0.4) is 0 Å². The molecule has 0 aromatic carbocycles. The number of carbonyl (C=O) groups excluding carboxylic acids is 1. The summed E-state index contributed by atoms with van der Waals surface area (Å²) in [7, 11) is 1.67. The maximum Gasteiger partial charge on any atom is 0.221 e. The summed E-state index contributed by atoms with van der Waals surface area (Å²) in [6.07, 6.45) is 0.535. The van der Waals surface area contributed by atoms with Crippen LogP contribution in [0.2, 0.25) is 0 Å². The molecule has 0 aliphatic heterocycles. The van der Waals surface area contributed by atoms with Gasteiger partial charge in [0.25, 0.3) is 0 Å². The summed E-state index contributed by atoms with van der Waals surface area (Å²) in [6, 6.07) is 2.38. The lowest BCUT2D eigenvalue weighted by Gasteiger charge is -2.16. The second kappa shape index (κ2) is 6.66. The van der Waals surface area contributed by atoms with Crippen molar-refractivity contribution in [3.8, 4) is 0 Å². The van der Waals surface area contributed by atoms with Gasteiger partial charge in [0.1, 0.15) is 0 Å². The summed E-state index contributed by atoms with van der Waals surface area (Å²) in [4.78, 5) is 11.1. The van der Waals surface area contributed by atoms with E-state index in [1.165, 1.54) is 5.56 Å². The summed E-state index contributed by atoms with van der Waals surface area (Å²) in [5.74, 6) is 0.585. The van der Waals surface area contributed by atoms with E-state index >= 15 is 0 Å². The molecule has 1 heterocycles. The zero-order valence-electron chi connectivity index (χ0n) is 10.1. The van der Waals surface area contributed by atoms with Crippen molar-refractivity contribution in [3.63, 3.8) is 0 Å². The van der Waals surface area contributed by atoms with Gasteiger partial charge in [0.15, 0.2) is 0 Å². The zero-order chi connectivity index (χ0) is 12.0. The molecular weight excluding hydrogens is 220 g/mol. The average molecular weight is 240 g/mol. The molecule has 90 valence electrons. The van der Waals surface area contributed by atoms with Crippen LogP contribution < -0.4 is 10.6 Å². The first-order chi connectivity index (χ1) is 7.63. The zero-order valence-corrected chi connectivity index (χ0v) is 10.9. The second-order valence-electron chi connectivity index (χ2n) is 4.14. The van der Waals surface area contributed by atoms with Gasteiger partial charge in [0, 0.05) is 26.1 Å². The molecule has 2 atom stereocenters. The van der Waals surface area contributed by atoms with Gasteiger partial charge in [-0.1, -0.05) is 6.92 Å². The highest BCUT2D eigenvalue weighted by atomic mass is 32.1. The number of thiophene rings is 1. The predicted molar refractivity (Wildman–Crippen MR) is 68.9 cm³/mol. The van der Waals surface area contributed by atoms with Crippen molar-refractivity contribution in [2.24, 2.45) is 0 Å². The van der Waals surface area contributed by atoms with Gasteiger partial charge in [0.2, 0.25) is 5.91 Å². The molecule has 4 heteroatoms. The molecular formula is C12H20N2OS. The standard InChI is InChI=1S/C12H20N2OS/c1-9(11-4-5-16-8-11)7-14-10(2)6-12(15)13-3/h4-5,8-10,14H,6-7H2,1-3H3,(H,13,15). The molecule has 16 heavy (non-hydrogen) atoms. The van der Waals surface area contributed by atoms with Crippen LogP contribution in [-0.4, -0.2) is 25.5 Å². The Labute approximate surface area is 101 Å². The van der Waals surface area contributed by atoms with Gasteiger partial charge in [-0.15, -0.1) is 0 Å². The van der Waals surface area contributed by atoms with Crippen molar-refractivity contribution in [3.05, 3.63) is 22.4 Å². The number of rotatable bonds is 6. The number of hydrogen-bond donors (Lipinski definition) is 2. The maximum atomic E-state index is 11.1. The first-order valence-electron chi connectivity index (χ1n) is 5.59. The summed E-state index contributed by atoms with van der Waals surface area (Å²) < 4.78 is 0. The van der Waals surface area contributed by atoms with Gasteiger partial charge >= 0.3 is 0 Å². The van der Waals surface area contributed by atoms with E-state index in [1.54, 1.807) is 18.4 Å². The minimum Gasteiger partial charge on any atom is -0.359 e. The Morgan fingerprint density at radius 3 is 2.81 bits per heavy atom. The average Bonchev–Trinajstić information content (AvgIpc) is 2.79. The van der Waals surface area contributed by atoms with E-state index < -0.39 is 0 Å². The Morgan fingerprint density at radius 2 is 2.25 bits per heavy atom. The van der Waals surface area contributed by atoms with Crippen molar-refractivity contribution in [1.29, 1.82) is 0 Å². The molecule has 1 aromatic heterocycles. The third-order valence-electron chi connectivity index (χ3n) is 2.66. The number of carbonyl (C=O) groups is 1. The van der Waals surface area contributed by atoms with Crippen LogP contribution in [0.4, 0.5) is 0 Å². The first kappa shape index (κ1) is 13.2. The largest absolute Gasteiger partial charge is 0.359 e. The molecule has 1 aromatic rings. The molecule has 0 saturated carbocycles. The van der Waals surface area contributed by atoms with Gasteiger partial charge in [-0.25, -0.2) is 0 Å². The van der Waals surface area contributed by atoms with Crippen LogP contribution in [0.15, 0.2) is 16.8 Å². The van der Waals surface area contributed by atoms with E-state index in [0.717, 1.165) is 6.54 Å². The highest BCUT2D eigenvalue weighted by Crippen LogP contribution is 2.17. The van der Waals surface area contributed by atoms with E-state index in [1.807, 2.05) is 6.92 Å². The van der Waals surface area contributed by atoms with Crippen LogP contribution in [0.1, 0.15) is 31.7 Å². The fraction of sp³-hybridized carbons (Fsp3) is 0.583. The molecule has 2 unspecified atom stereocenters. The highest BCUT2D eigenvalue weighted by Gasteiger charge is 2.10. The molecule has 1 rings (SSSR count). The topological polar surface area (TPSA) is 41.1 Å². The lowest BCUT2D eigenvalue weighted by atomic mass is 10.0. The maximum absolute atomic E-state index is 11.1. The molecule has 0 aliphatic rings. The monoisotopic (exact) mass is 240 g/mol. The highest BCUT2D eigenvalue weighted by molar-refractivity contribution is 7.07. The predicted octanol–water partition coefficient (Wildman–Crippen LogP) is 1.97. The van der Waals surface area contributed by atoms with Crippen molar-refractivity contribution < 1.29 is 4.79 Å². The number of nitrogens with one attached hydrogen (secondary N) is 2. The van der Waals surface area contributed by atoms with Crippen LogP contribution in [0.5, 0.6) is 0 Å². The molecule has 1 amide bonds.